The van der Waals surface area contributed by atoms with Gasteiger partial charge in [-0.3, -0.25) is 9.79 Å². The Hall–Kier alpha value is -1.42. The Morgan fingerprint density at radius 1 is 1.40 bits per heavy atom. The Balaban J connectivity index is 0.00000312. The number of anilines is 1. The minimum absolute atomic E-state index is 0. The average Bonchev–Trinajstić information content (AvgIpc) is 3.00. The van der Waals surface area contributed by atoms with Crippen LogP contribution >= 0.6 is 24.0 Å². The number of halogens is 1. The van der Waals surface area contributed by atoms with Crippen LogP contribution < -0.4 is 16.0 Å². The van der Waals surface area contributed by atoms with Gasteiger partial charge in [0.1, 0.15) is 5.82 Å². The summed E-state index contributed by atoms with van der Waals surface area (Å²) in [5, 5.41) is 9.16. The zero-order valence-corrected chi connectivity index (χ0v) is 17.4. The minimum Gasteiger partial charge on any atom is -0.373 e. The summed E-state index contributed by atoms with van der Waals surface area (Å²) in [5.41, 5.74) is 0.927. The van der Waals surface area contributed by atoms with Crippen molar-refractivity contribution in [2.24, 2.45) is 4.99 Å². The number of aliphatic imine (C=N–C) groups is 1. The number of carbonyl (C=O) groups excluding carboxylic acids is 1. The van der Waals surface area contributed by atoms with Gasteiger partial charge in [-0.05, 0) is 38.3 Å². The van der Waals surface area contributed by atoms with E-state index in [1.165, 1.54) is 0 Å². The summed E-state index contributed by atoms with van der Waals surface area (Å²) in [5.74, 6) is 1.16. The molecule has 1 aliphatic rings. The van der Waals surface area contributed by atoms with E-state index < -0.39 is 0 Å². The summed E-state index contributed by atoms with van der Waals surface area (Å²) in [7, 11) is 1.71. The van der Waals surface area contributed by atoms with Gasteiger partial charge in [0.15, 0.2) is 5.96 Å². The average molecular weight is 461 g/mol. The van der Waals surface area contributed by atoms with E-state index in [0.717, 1.165) is 25.0 Å². The predicted octanol–water partition coefficient (Wildman–Crippen LogP) is 2.07. The summed E-state index contributed by atoms with van der Waals surface area (Å²) in [6.45, 7) is 6.07. The Kier molecular flexibility index (Phi) is 9.12. The van der Waals surface area contributed by atoms with Crippen LogP contribution in [0, 0.1) is 6.92 Å². The van der Waals surface area contributed by atoms with Crippen molar-refractivity contribution < 1.29 is 9.53 Å². The van der Waals surface area contributed by atoms with E-state index in [9.17, 15) is 4.79 Å². The van der Waals surface area contributed by atoms with Gasteiger partial charge in [-0.25, -0.2) is 4.98 Å². The molecule has 0 spiro atoms. The molecule has 0 bridgehead atoms. The highest BCUT2D eigenvalue weighted by Crippen LogP contribution is 2.23. The second kappa shape index (κ2) is 10.5. The van der Waals surface area contributed by atoms with Crippen LogP contribution in [0.2, 0.25) is 0 Å². The third kappa shape index (κ3) is 7.55. The first kappa shape index (κ1) is 21.6. The molecule has 2 heterocycles. The van der Waals surface area contributed by atoms with Crippen molar-refractivity contribution in [2.45, 2.75) is 38.7 Å². The number of nitrogens with one attached hydrogen (secondary N) is 3. The number of nitrogens with zero attached hydrogens (tertiary/aromatic N) is 2. The van der Waals surface area contributed by atoms with Crippen LogP contribution in [-0.4, -0.2) is 49.2 Å². The molecule has 8 heteroatoms. The van der Waals surface area contributed by atoms with E-state index in [0.29, 0.717) is 31.3 Å². The van der Waals surface area contributed by atoms with Gasteiger partial charge in [0.05, 0.1) is 5.60 Å². The molecule has 0 saturated carbocycles. The second-order valence-corrected chi connectivity index (χ2v) is 6.27. The van der Waals surface area contributed by atoms with Crippen LogP contribution in [0.1, 0.15) is 31.7 Å². The van der Waals surface area contributed by atoms with Gasteiger partial charge < -0.3 is 20.7 Å². The molecule has 1 aliphatic heterocycles. The van der Waals surface area contributed by atoms with Crippen molar-refractivity contribution >= 4 is 41.7 Å². The maximum absolute atomic E-state index is 11.9. The van der Waals surface area contributed by atoms with Crippen LogP contribution in [0.5, 0.6) is 0 Å². The van der Waals surface area contributed by atoms with E-state index in [4.69, 9.17) is 4.74 Å². The maximum Gasteiger partial charge on any atom is 0.227 e. The molecule has 1 atom stereocenters. The summed E-state index contributed by atoms with van der Waals surface area (Å²) in [6, 6.07) is 3.71. The molecule has 1 fully saturated rings. The Bertz CT molecular complexity index is 571. The highest BCUT2D eigenvalue weighted by Gasteiger charge is 2.29. The van der Waals surface area contributed by atoms with Gasteiger partial charge in [-0.2, -0.15) is 0 Å². The second-order valence-electron chi connectivity index (χ2n) is 6.27. The largest absolute Gasteiger partial charge is 0.373 e. The Morgan fingerprint density at radius 3 is 2.80 bits per heavy atom. The molecule has 140 valence electrons. The van der Waals surface area contributed by atoms with Crippen LogP contribution in [0.3, 0.4) is 0 Å². The maximum atomic E-state index is 11.9. The smallest absolute Gasteiger partial charge is 0.227 e. The number of pyridine rings is 1. The first-order valence-electron chi connectivity index (χ1n) is 8.32. The predicted molar refractivity (Wildman–Crippen MR) is 111 cm³/mol. The molecule has 7 nitrogen and oxygen atoms in total. The molecule has 25 heavy (non-hydrogen) atoms. The van der Waals surface area contributed by atoms with E-state index >= 15 is 0 Å². The molecule has 0 radical (unpaired) electrons. The third-order valence-electron chi connectivity index (χ3n) is 3.98. The van der Waals surface area contributed by atoms with Crippen LogP contribution in [0.4, 0.5) is 5.82 Å². The van der Waals surface area contributed by atoms with Crippen molar-refractivity contribution in [3.63, 3.8) is 0 Å². The number of guanidine groups is 1. The van der Waals surface area contributed by atoms with Gasteiger partial charge in [-0.1, -0.05) is 6.07 Å². The molecule has 1 saturated heterocycles. The normalized spacial score (nSPS) is 19.9. The van der Waals surface area contributed by atoms with Crippen molar-refractivity contribution in [2.75, 3.05) is 32.1 Å². The first-order valence-corrected chi connectivity index (χ1v) is 8.32. The van der Waals surface area contributed by atoms with Gasteiger partial charge in [0.25, 0.3) is 0 Å². The van der Waals surface area contributed by atoms with E-state index in [-0.39, 0.29) is 35.5 Å². The number of hydrogen-bond donors (Lipinski definition) is 3. The van der Waals surface area contributed by atoms with Crippen molar-refractivity contribution in [1.82, 2.24) is 15.6 Å². The quantitative estimate of drug-likeness (QED) is 0.343. The SMILES string of the molecule is CN=C(NCCC(=O)Nc1ccc(C)cn1)NCC1(C)CCCO1.I. The molecule has 0 aromatic carbocycles. The fourth-order valence-corrected chi connectivity index (χ4v) is 2.51. The molecule has 2 rings (SSSR count). The lowest BCUT2D eigenvalue weighted by Gasteiger charge is -2.24. The zero-order valence-electron chi connectivity index (χ0n) is 15.1. The van der Waals surface area contributed by atoms with Crippen molar-refractivity contribution in [1.29, 1.82) is 0 Å². The number of carbonyl (C=O) groups is 1. The lowest BCUT2D eigenvalue weighted by molar-refractivity contribution is -0.116. The topological polar surface area (TPSA) is 87.6 Å². The summed E-state index contributed by atoms with van der Waals surface area (Å²) in [4.78, 5) is 20.2. The summed E-state index contributed by atoms with van der Waals surface area (Å²) >= 11 is 0. The van der Waals surface area contributed by atoms with Crippen molar-refractivity contribution in [3.05, 3.63) is 23.9 Å². The van der Waals surface area contributed by atoms with E-state index in [1.807, 2.05) is 13.0 Å². The molecule has 0 aliphatic carbocycles. The summed E-state index contributed by atoms with van der Waals surface area (Å²) < 4.78 is 5.74. The van der Waals surface area contributed by atoms with Crippen molar-refractivity contribution in [3.8, 4) is 0 Å². The molecule has 1 aromatic rings. The van der Waals surface area contributed by atoms with Crippen LogP contribution in [-0.2, 0) is 9.53 Å². The molecule has 3 N–H and O–H groups in total. The minimum atomic E-state index is -0.133. The molecular formula is C17H28IN5O2. The number of rotatable bonds is 6. The van der Waals surface area contributed by atoms with E-state index in [2.05, 4.69) is 32.9 Å². The molecule has 1 unspecified atom stereocenters. The highest BCUT2D eigenvalue weighted by atomic mass is 127. The Labute approximate surface area is 166 Å². The fourth-order valence-electron chi connectivity index (χ4n) is 2.51. The Morgan fingerprint density at radius 2 is 2.20 bits per heavy atom. The van der Waals surface area contributed by atoms with E-state index in [1.54, 1.807) is 19.3 Å². The first-order chi connectivity index (χ1) is 11.5. The summed E-state index contributed by atoms with van der Waals surface area (Å²) in [6.07, 6.45) is 4.20. The monoisotopic (exact) mass is 461 g/mol. The molecule has 1 amide bonds. The number of aryl methyl sites for hydroxylation is 1. The lowest BCUT2D eigenvalue weighted by atomic mass is 10.0. The van der Waals surface area contributed by atoms with Gasteiger partial charge in [0, 0.05) is 39.4 Å². The van der Waals surface area contributed by atoms with Gasteiger partial charge in [0.2, 0.25) is 5.91 Å². The standard InChI is InChI=1S/C17H27N5O2.HI/c1-13-5-6-14(20-11-13)22-15(23)7-9-19-16(18-3)21-12-17(2)8-4-10-24-17;/h5-6,11H,4,7-10,12H2,1-3H3,(H2,18,19,21)(H,20,22,23);1H. The lowest BCUT2D eigenvalue weighted by Crippen LogP contribution is -2.46. The zero-order chi connectivity index (χ0) is 17.4. The number of aromatic nitrogens is 1. The highest BCUT2D eigenvalue weighted by molar-refractivity contribution is 14.0. The van der Waals surface area contributed by atoms with Crippen LogP contribution in [0.15, 0.2) is 23.3 Å². The number of amides is 1. The van der Waals surface area contributed by atoms with Gasteiger partial charge in [-0.15, -0.1) is 24.0 Å². The molecule has 1 aromatic heterocycles. The third-order valence-corrected chi connectivity index (χ3v) is 3.98. The fraction of sp³-hybridized carbons (Fsp3) is 0.588. The van der Waals surface area contributed by atoms with Crippen LogP contribution in [0.25, 0.3) is 0 Å². The number of hydrogen-bond acceptors (Lipinski definition) is 4. The van der Waals surface area contributed by atoms with Gasteiger partial charge >= 0.3 is 0 Å². The number of ether oxygens (including phenoxy) is 1. The molecular weight excluding hydrogens is 433 g/mol.